The first kappa shape index (κ1) is 20.8. The summed E-state index contributed by atoms with van der Waals surface area (Å²) < 4.78 is 5.35. The highest BCUT2D eigenvalue weighted by atomic mass is 16.5. The molecule has 4 rings (SSSR count). The molecule has 0 radical (unpaired) electrons. The van der Waals surface area contributed by atoms with Gasteiger partial charge in [-0.3, -0.25) is 14.4 Å². The van der Waals surface area contributed by atoms with Gasteiger partial charge in [0.05, 0.1) is 0 Å². The Hall–Kier alpha value is -2.45. The average molecular weight is 408 g/mol. The molecule has 3 aliphatic rings. The van der Waals surface area contributed by atoms with Crippen LogP contribution >= 0.6 is 0 Å². The van der Waals surface area contributed by atoms with Crippen LogP contribution in [0.1, 0.15) is 60.8 Å². The van der Waals surface area contributed by atoms with Gasteiger partial charge >= 0.3 is 0 Å². The Kier molecular flexibility index (Phi) is 5.55. The summed E-state index contributed by atoms with van der Waals surface area (Å²) in [6.45, 7) is 8.01. The maximum absolute atomic E-state index is 13.1. The molecular formula is C25H29NO4. The minimum absolute atomic E-state index is 0.00931. The van der Waals surface area contributed by atoms with E-state index in [4.69, 9.17) is 4.74 Å². The highest BCUT2D eigenvalue weighted by molar-refractivity contribution is 6.11. The number of hydrogen-bond acceptors (Lipinski definition) is 4. The molecule has 5 nitrogen and oxygen atoms in total. The van der Waals surface area contributed by atoms with Gasteiger partial charge in [-0.25, -0.2) is 0 Å². The van der Waals surface area contributed by atoms with E-state index < -0.39 is 5.92 Å². The van der Waals surface area contributed by atoms with Crippen molar-refractivity contribution in [3.63, 3.8) is 0 Å². The Morgan fingerprint density at radius 3 is 2.17 bits per heavy atom. The van der Waals surface area contributed by atoms with E-state index in [0.29, 0.717) is 39.1 Å². The van der Waals surface area contributed by atoms with Crippen LogP contribution in [0, 0.1) is 37.0 Å². The van der Waals surface area contributed by atoms with Crippen molar-refractivity contribution in [2.75, 3.05) is 26.3 Å². The fraction of sp³-hybridized carbons (Fsp3) is 0.560. The molecule has 1 spiro atoms. The standard InChI is InChI=1S/C25H29NO4/c1-4-5-18-10-16(2)22(17(3)11-18)23-20(27)12-25(13-21(23)28)14-26(15-25)24(29)19-6-8-30-9-7-19/h10-11,19,23H,6-9,12-15H2,1-3H3. The van der Waals surface area contributed by atoms with Crippen molar-refractivity contribution in [1.29, 1.82) is 0 Å². The molecule has 2 saturated heterocycles. The van der Waals surface area contributed by atoms with Crippen LogP contribution in [-0.4, -0.2) is 48.7 Å². The lowest BCUT2D eigenvalue weighted by Gasteiger charge is -2.53. The molecule has 0 aromatic heterocycles. The largest absolute Gasteiger partial charge is 0.381 e. The molecule has 1 amide bonds. The maximum Gasteiger partial charge on any atom is 0.225 e. The van der Waals surface area contributed by atoms with Gasteiger partial charge in [0.1, 0.15) is 17.5 Å². The van der Waals surface area contributed by atoms with Crippen LogP contribution in [0.15, 0.2) is 12.1 Å². The van der Waals surface area contributed by atoms with E-state index in [1.165, 1.54) is 0 Å². The number of carbonyl (C=O) groups is 3. The number of hydrogen-bond donors (Lipinski definition) is 0. The first-order valence-corrected chi connectivity index (χ1v) is 10.8. The molecular weight excluding hydrogens is 378 g/mol. The predicted octanol–water partition coefficient (Wildman–Crippen LogP) is 2.95. The number of Topliss-reactive ketones (excluding diaryl/α,β-unsaturated/α-hetero) is 2. The smallest absolute Gasteiger partial charge is 0.225 e. The summed E-state index contributed by atoms with van der Waals surface area (Å²) in [5, 5.41) is 0. The van der Waals surface area contributed by atoms with Gasteiger partial charge < -0.3 is 9.64 Å². The summed E-state index contributed by atoms with van der Waals surface area (Å²) in [6, 6.07) is 3.92. The molecule has 2 aliphatic heterocycles. The number of rotatable bonds is 2. The van der Waals surface area contributed by atoms with E-state index >= 15 is 0 Å². The van der Waals surface area contributed by atoms with Crippen molar-refractivity contribution in [2.24, 2.45) is 11.3 Å². The van der Waals surface area contributed by atoms with Crippen LogP contribution in [-0.2, 0) is 19.1 Å². The summed E-state index contributed by atoms with van der Waals surface area (Å²) in [6.07, 6.45) is 2.27. The second-order valence-corrected chi connectivity index (χ2v) is 9.20. The Labute approximate surface area is 178 Å². The lowest BCUT2D eigenvalue weighted by atomic mass is 9.62. The first-order valence-electron chi connectivity index (χ1n) is 10.8. The highest BCUT2D eigenvalue weighted by Crippen LogP contribution is 2.46. The quantitative estimate of drug-likeness (QED) is 0.559. The minimum Gasteiger partial charge on any atom is -0.381 e. The van der Waals surface area contributed by atoms with E-state index in [2.05, 4.69) is 11.8 Å². The Bertz CT molecular complexity index is 912. The Balaban J connectivity index is 1.47. The summed E-state index contributed by atoms with van der Waals surface area (Å²) in [7, 11) is 0. The number of nitrogens with zero attached hydrogens (tertiary/aromatic N) is 1. The number of likely N-dealkylation sites (tertiary alicyclic amines) is 1. The molecule has 1 aromatic rings. The van der Waals surface area contributed by atoms with Gasteiger partial charge in [-0.15, -0.1) is 5.92 Å². The molecule has 0 unspecified atom stereocenters. The number of amides is 1. The highest BCUT2D eigenvalue weighted by Gasteiger charge is 2.54. The van der Waals surface area contributed by atoms with E-state index in [1.54, 1.807) is 6.92 Å². The number of ether oxygens (including phenoxy) is 1. The zero-order chi connectivity index (χ0) is 21.5. The number of carbonyl (C=O) groups excluding carboxylic acids is 3. The molecule has 1 saturated carbocycles. The molecule has 1 aliphatic carbocycles. The van der Waals surface area contributed by atoms with Crippen molar-refractivity contribution >= 4 is 17.5 Å². The molecule has 30 heavy (non-hydrogen) atoms. The molecule has 0 N–H and O–H groups in total. The van der Waals surface area contributed by atoms with Gasteiger partial charge in [-0.2, -0.15) is 0 Å². The van der Waals surface area contributed by atoms with Gasteiger partial charge in [0.2, 0.25) is 5.91 Å². The van der Waals surface area contributed by atoms with Crippen molar-refractivity contribution < 1.29 is 19.1 Å². The lowest BCUT2D eigenvalue weighted by Crippen LogP contribution is -2.63. The normalized spacial score (nSPS) is 21.9. The van der Waals surface area contributed by atoms with E-state index in [-0.39, 0.29) is 28.8 Å². The van der Waals surface area contributed by atoms with Crippen molar-refractivity contribution in [1.82, 2.24) is 4.90 Å². The Morgan fingerprint density at radius 1 is 1.07 bits per heavy atom. The van der Waals surface area contributed by atoms with Crippen molar-refractivity contribution in [2.45, 2.75) is 52.4 Å². The third kappa shape index (κ3) is 3.70. The monoisotopic (exact) mass is 407 g/mol. The second kappa shape index (κ2) is 8.00. The SMILES string of the molecule is CC#Cc1cc(C)c(C2C(=O)CC3(CC2=O)CN(C(=O)C2CCOCC2)C3)c(C)c1. The number of aryl methyl sites for hydroxylation is 2. The van der Waals surface area contributed by atoms with Crippen LogP contribution in [0.3, 0.4) is 0 Å². The fourth-order valence-corrected chi connectivity index (χ4v) is 5.50. The average Bonchev–Trinajstić information content (AvgIpc) is 2.68. The fourth-order valence-electron chi connectivity index (χ4n) is 5.50. The summed E-state index contributed by atoms with van der Waals surface area (Å²) in [5.74, 6) is 5.43. The van der Waals surface area contributed by atoms with E-state index in [0.717, 1.165) is 35.1 Å². The topological polar surface area (TPSA) is 63.7 Å². The van der Waals surface area contributed by atoms with Gasteiger partial charge in [0, 0.05) is 56.0 Å². The summed E-state index contributed by atoms with van der Waals surface area (Å²) >= 11 is 0. The zero-order valence-corrected chi connectivity index (χ0v) is 18.0. The third-order valence-electron chi connectivity index (χ3n) is 6.83. The molecule has 1 aromatic carbocycles. The van der Waals surface area contributed by atoms with Crippen molar-refractivity contribution in [3.05, 3.63) is 34.4 Å². The van der Waals surface area contributed by atoms with Crippen LogP contribution in [0.25, 0.3) is 0 Å². The second-order valence-electron chi connectivity index (χ2n) is 9.20. The first-order chi connectivity index (χ1) is 14.3. The van der Waals surface area contributed by atoms with Gasteiger partial charge in [0.15, 0.2) is 0 Å². The molecule has 158 valence electrons. The van der Waals surface area contributed by atoms with E-state index in [1.807, 2.05) is 30.9 Å². The van der Waals surface area contributed by atoms with Crippen LogP contribution < -0.4 is 0 Å². The van der Waals surface area contributed by atoms with Crippen LogP contribution in [0.4, 0.5) is 0 Å². The predicted molar refractivity (Wildman–Crippen MR) is 113 cm³/mol. The Morgan fingerprint density at radius 2 is 1.63 bits per heavy atom. The van der Waals surface area contributed by atoms with Crippen LogP contribution in [0.5, 0.6) is 0 Å². The van der Waals surface area contributed by atoms with Gasteiger partial charge in [0.25, 0.3) is 0 Å². The molecule has 2 heterocycles. The molecule has 3 fully saturated rings. The summed E-state index contributed by atoms with van der Waals surface area (Å²) in [4.78, 5) is 40.8. The molecule has 0 bridgehead atoms. The zero-order valence-electron chi connectivity index (χ0n) is 18.0. The van der Waals surface area contributed by atoms with Crippen LogP contribution in [0.2, 0.25) is 0 Å². The van der Waals surface area contributed by atoms with Gasteiger partial charge in [-0.05, 0) is 62.4 Å². The van der Waals surface area contributed by atoms with Gasteiger partial charge in [-0.1, -0.05) is 5.92 Å². The summed E-state index contributed by atoms with van der Waals surface area (Å²) in [5.41, 5.74) is 3.28. The third-order valence-corrected chi connectivity index (χ3v) is 6.83. The number of ketones is 2. The molecule has 0 atom stereocenters. The van der Waals surface area contributed by atoms with Crippen molar-refractivity contribution in [3.8, 4) is 11.8 Å². The number of benzene rings is 1. The lowest BCUT2D eigenvalue weighted by molar-refractivity contribution is -0.159. The minimum atomic E-state index is -0.681. The van der Waals surface area contributed by atoms with E-state index in [9.17, 15) is 14.4 Å². The molecule has 5 heteroatoms. The maximum atomic E-state index is 13.1.